The van der Waals surface area contributed by atoms with Crippen molar-refractivity contribution in [3.63, 3.8) is 0 Å². The Morgan fingerprint density at radius 1 is 0.760 bits per heavy atom. The van der Waals surface area contributed by atoms with Crippen LogP contribution in [-0.2, 0) is 27.2 Å². The van der Waals surface area contributed by atoms with Crippen LogP contribution in [0.2, 0.25) is 0 Å². The fraction of sp³-hybridized carbons (Fsp3) is 0.375. The zero-order valence-electron chi connectivity index (χ0n) is 29.7. The van der Waals surface area contributed by atoms with Crippen LogP contribution in [0.25, 0.3) is 0 Å². The van der Waals surface area contributed by atoms with Gasteiger partial charge in [0.1, 0.15) is 12.1 Å². The molecule has 2 aromatic heterocycles. The number of esters is 1. The predicted molar refractivity (Wildman–Crippen MR) is 191 cm³/mol. The fourth-order valence-corrected chi connectivity index (χ4v) is 6.03. The lowest BCUT2D eigenvalue weighted by Gasteiger charge is -2.31. The average Bonchev–Trinajstić information content (AvgIpc) is 3.15. The lowest BCUT2D eigenvalue weighted by molar-refractivity contribution is -0.159. The molecule has 0 saturated carbocycles. The highest BCUT2D eigenvalue weighted by Crippen LogP contribution is 2.38. The van der Waals surface area contributed by atoms with Crippen molar-refractivity contribution >= 4 is 17.7 Å². The van der Waals surface area contributed by atoms with Crippen molar-refractivity contribution in [2.24, 2.45) is 5.92 Å². The van der Waals surface area contributed by atoms with Crippen LogP contribution in [0.3, 0.4) is 0 Å². The lowest BCUT2D eigenvalue weighted by Crippen LogP contribution is -2.47. The Labute approximate surface area is 294 Å². The Morgan fingerprint density at radius 3 is 1.92 bits per heavy atom. The third-order valence-electron chi connectivity index (χ3n) is 8.71. The highest BCUT2D eigenvalue weighted by Gasteiger charge is 2.35. The van der Waals surface area contributed by atoms with Gasteiger partial charge in [0, 0.05) is 37.4 Å². The molecule has 10 heteroatoms. The van der Waals surface area contributed by atoms with Crippen LogP contribution >= 0.6 is 0 Å². The van der Waals surface area contributed by atoms with Gasteiger partial charge >= 0.3 is 5.97 Å². The molecule has 3 atom stereocenters. The average molecular weight is 682 g/mol. The number of aromatic nitrogens is 2. The lowest BCUT2D eigenvalue weighted by atomic mass is 9.86. The van der Waals surface area contributed by atoms with Crippen LogP contribution in [0.4, 0.5) is 0 Å². The normalized spacial score (nSPS) is 12.8. The quantitative estimate of drug-likeness (QED) is 0.0657. The molecule has 2 unspecified atom stereocenters. The van der Waals surface area contributed by atoms with Crippen LogP contribution in [0, 0.1) is 5.92 Å². The summed E-state index contributed by atoms with van der Waals surface area (Å²) < 4.78 is 22.5. The standard InChI is InChI=1S/C40H47N3O7/c1-27(2)22-34(43(3)39(45)37(44)32-25-35(47-4)38(49-6)36(26-32)48-5)40(46)50-33(13-12-28-14-18-41-19-15-28)24-31(30-16-20-42-21-17-30)23-29-10-8-7-9-11-29/h7-11,14-21,25-27,31,33-34H,12-13,22-24H2,1-6H3/t31?,33?,34-/m0/s1. The SMILES string of the molecule is COc1cc(C(=O)C(=O)N(C)[C@@H](CC(C)C)C(=O)OC(CCc2ccncc2)CC(Cc2ccccc2)c2ccncc2)cc(OC)c1OC. The molecule has 264 valence electrons. The van der Waals surface area contributed by atoms with E-state index in [9.17, 15) is 14.4 Å². The van der Waals surface area contributed by atoms with Gasteiger partial charge in [-0.3, -0.25) is 19.6 Å². The Bertz CT molecular complexity index is 1660. The monoisotopic (exact) mass is 681 g/mol. The zero-order chi connectivity index (χ0) is 36.0. The molecule has 10 nitrogen and oxygen atoms in total. The van der Waals surface area contributed by atoms with Crippen molar-refractivity contribution in [1.29, 1.82) is 0 Å². The molecule has 0 aliphatic carbocycles. The van der Waals surface area contributed by atoms with Gasteiger partial charge < -0.3 is 23.8 Å². The number of ether oxygens (including phenoxy) is 4. The number of carbonyl (C=O) groups excluding carboxylic acids is 3. The molecule has 2 aromatic carbocycles. The molecule has 0 fully saturated rings. The zero-order valence-corrected chi connectivity index (χ0v) is 29.7. The summed E-state index contributed by atoms with van der Waals surface area (Å²) in [5, 5.41) is 0. The molecule has 0 aliphatic heterocycles. The molecule has 4 aromatic rings. The first kappa shape index (κ1) is 37.6. The number of Topliss-reactive ketones (excluding diaryl/α,β-unsaturated/α-hetero) is 1. The van der Waals surface area contributed by atoms with Crippen LogP contribution in [0.5, 0.6) is 17.2 Å². The smallest absolute Gasteiger partial charge is 0.329 e. The van der Waals surface area contributed by atoms with E-state index in [1.165, 1.54) is 51.0 Å². The molecule has 0 saturated heterocycles. The molecule has 0 bridgehead atoms. The van der Waals surface area contributed by atoms with E-state index < -0.39 is 29.8 Å². The molecule has 0 aliphatic rings. The third kappa shape index (κ3) is 10.1. The first-order valence-electron chi connectivity index (χ1n) is 16.8. The number of hydrogen-bond donors (Lipinski definition) is 0. The Balaban J connectivity index is 1.61. The van der Waals surface area contributed by atoms with Gasteiger partial charge in [0.25, 0.3) is 11.7 Å². The number of benzene rings is 2. The maximum Gasteiger partial charge on any atom is 0.329 e. The van der Waals surface area contributed by atoms with E-state index in [2.05, 4.69) is 22.1 Å². The van der Waals surface area contributed by atoms with Gasteiger partial charge in [-0.05, 0) is 97.0 Å². The molecular formula is C40H47N3O7. The van der Waals surface area contributed by atoms with E-state index in [0.717, 1.165) is 17.5 Å². The molecule has 2 heterocycles. The number of rotatable bonds is 18. The topological polar surface area (TPSA) is 117 Å². The Kier molecular flexibility index (Phi) is 13.9. The van der Waals surface area contributed by atoms with E-state index in [0.29, 0.717) is 31.4 Å². The summed E-state index contributed by atoms with van der Waals surface area (Å²) in [5.41, 5.74) is 3.38. The summed E-state index contributed by atoms with van der Waals surface area (Å²) in [5.74, 6) is -1.40. The molecular weight excluding hydrogens is 634 g/mol. The molecule has 0 radical (unpaired) electrons. The van der Waals surface area contributed by atoms with Gasteiger partial charge in [-0.25, -0.2) is 4.79 Å². The summed E-state index contributed by atoms with van der Waals surface area (Å²) in [6.07, 6.45) is 9.37. The van der Waals surface area contributed by atoms with Crippen molar-refractivity contribution in [2.45, 2.75) is 64.0 Å². The fourth-order valence-electron chi connectivity index (χ4n) is 6.03. The first-order valence-corrected chi connectivity index (χ1v) is 16.8. The first-order chi connectivity index (χ1) is 24.1. The van der Waals surface area contributed by atoms with Gasteiger partial charge in [0.05, 0.1) is 21.3 Å². The predicted octanol–water partition coefficient (Wildman–Crippen LogP) is 6.52. The summed E-state index contributed by atoms with van der Waals surface area (Å²) in [7, 11) is 5.78. The van der Waals surface area contributed by atoms with Crippen molar-refractivity contribution in [3.8, 4) is 17.2 Å². The number of carbonyl (C=O) groups is 3. The van der Waals surface area contributed by atoms with Gasteiger partial charge in [-0.1, -0.05) is 44.2 Å². The number of amides is 1. The minimum Gasteiger partial charge on any atom is -0.493 e. The van der Waals surface area contributed by atoms with Gasteiger partial charge in [-0.2, -0.15) is 0 Å². The molecule has 1 amide bonds. The number of pyridine rings is 2. The van der Waals surface area contributed by atoms with E-state index in [1.54, 1.807) is 24.8 Å². The molecule has 0 spiro atoms. The highest BCUT2D eigenvalue weighted by molar-refractivity contribution is 6.43. The minimum absolute atomic E-state index is 0.0250. The van der Waals surface area contributed by atoms with E-state index in [4.69, 9.17) is 18.9 Å². The van der Waals surface area contributed by atoms with Crippen molar-refractivity contribution in [1.82, 2.24) is 14.9 Å². The van der Waals surface area contributed by atoms with Crippen LogP contribution in [0.15, 0.2) is 91.5 Å². The van der Waals surface area contributed by atoms with Crippen molar-refractivity contribution < 1.29 is 33.3 Å². The number of hydrogen-bond acceptors (Lipinski definition) is 9. The maximum atomic E-state index is 14.2. The summed E-state index contributed by atoms with van der Waals surface area (Å²) in [4.78, 5) is 51.0. The van der Waals surface area contributed by atoms with Gasteiger partial charge in [0.15, 0.2) is 11.5 Å². The van der Waals surface area contributed by atoms with Crippen LogP contribution in [0.1, 0.15) is 66.1 Å². The number of ketones is 1. The van der Waals surface area contributed by atoms with Crippen LogP contribution < -0.4 is 14.2 Å². The summed E-state index contributed by atoms with van der Waals surface area (Å²) in [6.45, 7) is 3.92. The van der Waals surface area contributed by atoms with Crippen LogP contribution in [-0.4, -0.2) is 73.1 Å². The Morgan fingerprint density at radius 2 is 1.36 bits per heavy atom. The number of likely N-dealkylation sites (N-methyl/N-ethyl adjacent to an activating group) is 1. The Hall–Kier alpha value is -5.25. The van der Waals surface area contributed by atoms with E-state index >= 15 is 0 Å². The van der Waals surface area contributed by atoms with Crippen molar-refractivity contribution in [3.05, 3.63) is 114 Å². The second kappa shape index (κ2) is 18.5. The van der Waals surface area contributed by atoms with Crippen molar-refractivity contribution in [2.75, 3.05) is 28.4 Å². The molecule has 4 rings (SSSR count). The van der Waals surface area contributed by atoms with E-state index in [1.807, 2.05) is 56.3 Å². The maximum absolute atomic E-state index is 14.2. The highest BCUT2D eigenvalue weighted by atomic mass is 16.5. The largest absolute Gasteiger partial charge is 0.493 e. The third-order valence-corrected chi connectivity index (χ3v) is 8.71. The van der Waals surface area contributed by atoms with Gasteiger partial charge in [0.2, 0.25) is 5.75 Å². The molecule has 50 heavy (non-hydrogen) atoms. The second-order valence-electron chi connectivity index (χ2n) is 12.7. The number of methoxy groups -OCH3 is 3. The minimum atomic E-state index is -0.995. The summed E-state index contributed by atoms with van der Waals surface area (Å²) in [6, 6.07) is 20.0. The second-order valence-corrected chi connectivity index (χ2v) is 12.7. The number of aryl methyl sites for hydroxylation is 1. The number of nitrogens with zero attached hydrogens (tertiary/aromatic N) is 3. The van der Waals surface area contributed by atoms with Gasteiger partial charge in [-0.15, -0.1) is 0 Å². The summed E-state index contributed by atoms with van der Waals surface area (Å²) >= 11 is 0. The van der Waals surface area contributed by atoms with E-state index in [-0.39, 0.29) is 28.9 Å². The molecule has 0 N–H and O–H groups in total.